The molecule has 0 spiro atoms. The molecule has 2 amide bonds. The van der Waals surface area contributed by atoms with Gasteiger partial charge in [0.25, 0.3) is 0 Å². The second-order valence-corrected chi connectivity index (χ2v) is 5.30. The molecular formula is C10H9F3N3O3S-. The molecule has 20 heavy (non-hydrogen) atoms. The van der Waals surface area contributed by atoms with Gasteiger partial charge in [-0.05, 0) is 12.8 Å². The summed E-state index contributed by atoms with van der Waals surface area (Å²) in [5.74, 6) is -2.08. The molecule has 0 aromatic carbocycles. The molecule has 6 nitrogen and oxygen atoms in total. The Bertz CT molecular complexity index is 544. The fraction of sp³-hybridized carbons (Fsp3) is 0.500. The fourth-order valence-electron chi connectivity index (χ4n) is 1.89. The molecule has 1 unspecified atom stereocenters. The van der Waals surface area contributed by atoms with Crippen LogP contribution in [-0.4, -0.2) is 29.2 Å². The minimum atomic E-state index is -4.97. The number of fused-ring (bicyclic) bond motifs is 1. The molecule has 1 atom stereocenters. The third-order valence-corrected chi connectivity index (χ3v) is 3.77. The van der Waals surface area contributed by atoms with Crippen molar-refractivity contribution >= 4 is 28.5 Å². The number of anilines is 1. The average molecular weight is 308 g/mol. The molecule has 0 saturated heterocycles. The van der Waals surface area contributed by atoms with Crippen LogP contribution >= 0.6 is 11.3 Å². The number of halogens is 3. The first-order valence-corrected chi connectivity index (χ1v) is 6.41. The molecule has 10 heteroatoms. The minimum Gasteiger partial charge on any atom is -0.530 e. The van der Waals surface area contributed by atoms with E-state index in [1.165, 1.54) is 0 Å². The Labute approximate surface area is 115 Å². The van der Waals surface area contributed by atoms with Crippen molar-refractivity contribution in [3.8, 4) is 0 Å². The van der Waals surface area contributed by atoms with E-state index in [0.29, 0.717) is 29.8 Å². The highest BCUT2D eigenvalue weighted by atomic mass is 32.1. The zero-order valence-electron chi connectivity index (χ0n) is 9.91. The maximum atomic E-state index is 12.1. The molecule has 0 bridgehead atoms. The fourth-order valence-corrected chi connectivity index (χ4v) is 2.97. The Balaban J connectivity index is 2.05. The van der Waals surface area contributed by atoms with Gasteiger partial charge in [-0.15, -0.1) is 11.3 Å². The smallest absolute Gasteiger partial charge is 0.471 e. The quantitative estimate of drug-likeness (QED) is 0.828. The highest BCUT2D eigenvalue weighted by molar-refractivity contribution is 7.15. The minimum absolute atomic E-state index is 0.133. The number of aryl methyl sites for hydroxylation is 1. The summed E-state index contributed by atoms with van der Waals surface area (Å²) in [6, 6.07) is -0.348. The van der Waals surface area contributed by atoms with E-state index < -0.39 is 18.2 Å². The zero-order chi connectivity index (χ0) is 14.9. The van der Waals surface area contributed by atoms with E-state index in [2.05, 4.69) is 10.3 Å². The summed E-state index contributed by atoms with van der Waals surface area (Å²) in [6.07, 6.45) is -5.13. The van der Waals surface area contributed by atoms with Gasteiger partial charge in [0.15, 0.2) is 5.13 Å². The van der Waals surface area contributed by atoms with E-state index >= 15 is 0 Å². The van der Waals surface area contributed by atoms with E-state index in [0.717, 1.165) is 11.3 Å². The predicted octanol–water partition coefficient (Wildman–Crippen LogP) is 0.434. The van der Waals surface area contributed by atoms with Crippen LogP contribution in [0.3, 0.4) is 0 Å². The van der Waals surface area contributed by atoms with E-state index in [9.17, 15) is 27.9 Å². The van der Waals surface area contributed by atoms with Crippen molar-refractivity contribution in [1.29, 1.82) is 0 Å². The van der Waals surface area contributed by atoms with Gasteiger partial charge >= 0.3 is 12.1 Å². The Hall–Kier alpha value is -1.84. The van der Waals surface area contributed by atoms with Crippen LogP contribution in [0.1, 0.15) is 17.0 Å². The van der Waals surface area contributed by atoms with Gasteiger partial charge in [0.1, 0.15) is 6.09 Å². The van der Waals surface area contributed by atoms with E-state index in [1.54, 1.807) is 5.32 Å². The number of alkyl halides is 3. The van der Waals surface area contributed by atoms with Crippen molar-refractivity contribution in [2.24, 2.45) is 0 Å². The molecule has 1 aliphatic carbocycles. The van der Waals surface area contributed by atoms with E-state index in [-0.39, 0.29) is 11.2 Å². The summed E-state index contributed by atoms with van der Waals surface area (Å²) in [5, 5.41) is 14.2. The van der Waals surface area contributed by atoms with Crippen LogP contribution in [0, 0.1) is 0 Å². The third-order valence-electron chi connectivity index (χ3n) is 2.74. The first kappa shape index (κ1) is 14.6. The summed E-state index contributed by atoms with van der Waals surface area (Å²) in [5.41, 5.74) is 0.587. The first-order chi connectivity index (χ1) is 9.25. The van der Waals surface area contributed by atoms with Crippen molar-refractivity contribution in [1.82, 2.24) is 10.3 Å². The van der Waals surface area contributed by atoms with Crippen molar-refractivity contribution in [2.75, 3.05) is 5.32 Å². The molecule has 1 aliphatic rings. The lowest BCUT2D eigenvalue weighted by molar-refractivity contribution is -0.251. The SMILES string of the molecule is O=C([O-])NC1CCc2nc(NC(=O)C(F)(F)F)sc2C1. The number of rotatable bonds is 2. The number of hydrogen-bond donors (Lipinski definition) is 2. The lowest BCUT2D eigenvalue weighted by atomic mass is 9.98. The number of carbonyl (C=O) groups is 2. The molecule has 110 valence electrons. The van der Waals surface area contributed by atoms with Crippen molar-refractivity contribution in [3.63, 3.8) is 0 Å². The van der Waals surface area contributed by atoms with Gasteiger partial charge in [0.2, 0.25) is 0 Å². The van der Waals surface area contributed by atoms with E-state index in [1.807, 2.05) is 0 Å². The number of thiazole rings is 1. The molecule has 2 N–H and O–H groups in total. The molecule has 0 radical (unpaired) electrons. The van der Waals surface area contributed by atoms with Crippen LogP contribution in [-0.2, 0) is 17.6 Å². The molecule has 0 aliphatic heterocycles. The highest BCUT2D eigenvalue weighted by Crippen LogP contribution is 2.30. The Kier molecular flexibility index (Phi) is 3.84. The molecule has 2 rings (SSSR count). The Morgan fingerprint density at radius 1 is 1.40 bits per heavy atom. The van der Waals surface area contributed by atoms with Crippen LogP contribution in [0.25, 0.3) is 0 Å². The molecule has 0 fully saturated rings. The summed E-state index contributed by atoms with van der Waals surface area (Å²) < 4.78 is 36.3. The Morgan fingerprint density at radius 2 is 2.10 bits per heavy atom. The van der Waals surface area contributed by atoms with Gasteiger partial charge in [-0.1, -0.05) is 0 Å². The lowest BCUT2D eigenvalue weighted by Crippen LogP contribution is -2.45. The van der Waals surface area contributed by atoms with Gasteiger partial charge in [0, 0.05) is 17.3 Å². The number of nitrogens with zero attached hydrogens (tertiary/aromatic N) is 1. The standard InChI is InChI=1S/C10H10F3N3O3S/c11-10(12,13)7(17)16-8-15-5-2-1-4(14-9(18)19)3-6(5)20-8/h4,14H,1-3H2,(H,18,19)(H,15,16,17)/p-1. The number of carbonyl (C=O) groups excluding carboxylic acids is 2. The third kappa shape index (κ3) is 3.38. The second-order valence-electron chi connectivity index (χ2n) is 4.21. The number of carboxylic acid groups (broad SMARTS) is 1. The zero-order valence-corrected chi connectivity index (χ0v) is 10.7. The van der Waals surface area contributed by atoms with Crippen LogP contribution < -0.4 is 15.7 Å². The van der Waals surface area contributed by atoms with Crippen LogP contribution in [0.4, 0.5) is 23.1 Å². The van der Waals surface area contributed by atoms with Crippen molar-refractivity contribution < 1.29 is 27.9 Å². The maximum Gasteiger partial charge on any atom is 0.471 e. The molecule has 1 aromatic rings. The molecular weight excluding hydrogens is 299 g/mol. The summed E-state index contributed by atoms with van der Waals surface area (Å²) in [4.78, 5) is 25.8. The van der Waals surface area contributed by atoms with Gasteiger partial charge < -0.3 is 15.2 Å². The topological polar surface area (TPSA) is 94.2 Å². The van der Waals surface area contributed by atoms with E-state index in [4.69, 9.17) is 0 Å². The van der Waals surface area contributed by atoms with Crippen LogP contribution in [0.5, 0.6) is 0 Å². The summed E-state index contributed by atoms with van der Waals surface area (Å²) >= 11 is 0.914. The van der Waals surface area contributed by atoms with Crippen molar-refractivity contribution in [3.05, 3.63) is 10.6 Å². The highest BCUT2D eigenvalue weighted by Gasteiger charge is 2.39. The summed E-state index contributed by atoms with van der Waals surface area (Å²) in [6.45, 7) is 0. The molecule has 0 saturated carbocycles. The van der Waals surface area contributed by atoms with Gasteiger partial charge in [-0.3, -0.25) is 10.1 Å². The number of aromatic nitrogens is 1. The van der Waals surface area contributed by atoms with Gasteiger partial charge in [0.05, 0.1) is 5.69 Å². The molecule has 1 aromatic heterocycles. The van der Waals surface area contributed by atoms with Crippen molar-refractivity contribution in [2.45, 2.75) is 31.5 Å². The molecule has 1 heterocycles. The maximum absolute atomic E-state index is 12.1. The van der Waals surface area contributed by atoms with Crippen LogP contribution in [0.15, 0.2) is 0 Å². The first-order valence-electron chi connectivity index (χ1n) is 5.60. The number of nitrogens with one attached hydrogen (secondary N) is 2. The summed E-state index contributed by atoms with van der Waals surface area (Å²) in [7, 11) is 0. The number of hydrogen-bond acceptors (Lipinski definition) is 5. The second kappa shape index (κ2) is 5.27. The monoisotopic (exact) mass is 308 g/mol. The number of amides is 2. The lowest BCUT2D eigenvalue weighted by Gasteiger charge is -2.23. The average Bonchev–Trinajstić information content (AvgIpc) is 2.68. The van der Waals surface area contributed by atoms with Gasteiger partial charge in [-0.2, -0.15) is 13.2 Å². The largest absolute Gasteiger partial charge is 0.530 e. The normalized spacial score (nSPS) is 18.2. The van der Waals surface area contributed by atoms with Crippen LogP contribution in [0.2, 0.25) is 0 Å². The predicted molar refractivity (Wildman–Crippen MR) is 61.1 cm³/mol. The van der Waals surface area contributed by atoms with Gasteiger partial charge in [-0.25, -0.2) is 4.98 Å². The Morgan fingerprint density at radius 3 is 2.70 bits per heavy atom.